The number of ketones is 1. The first-order valence-corrected chi connectivity index (χ1v) is 6.98. The highest BCUT2D eigenvalue weighted by Crippen LogP contribution is 2.09. The normalized spacial score (nSPS) is 20.6. The largest absolute Gasteiger partial charge is 0.368 e. The van der Waals surface area contributed by atoms with Gasteiger partial charge in [0.15, 0.2) is 5.78 Å². The van der Waals surface area contributed by atoms with Crippen molar-refractivity contribution in [2.24, 2.45) is 0 Å². The van der Waals surface area contributed by atoms with E-state index in [4.69, 9.17) is 4.74 Å². The third-order valence-electron chi connectivity index (χ3n) is 3.42. The summed E-state index contributed by atoms with van der Waals surface area (Å²) in [5, 5.41) is 4.14. The maximum absolute atomic E-state index is 12.3. The van der Waals surface area contributed by atoms with Gasteiger partial charge in [-0.05, 0) is 13.0 Å². The molecule has 0 aliphatic carbocycles. The van der Waals surface area contributed by atoms with E-state index in [2.05, 4.69) is 28.8 Å². The Kier molecular flexibility index (Phi) is 5.04. The van der Waals surface area contributed by atoms with Crippen molar-refractivity contribution in [1.29, 1.82) is 0 Å². The van der Waals surface area contributed by atoms with E-state index in [-0.39, 0.29) is 11.9 Å². The van der Waals surface area contributed by atoms with Gasteiger partial charge in [0.2, 0.25) is 0 Å². The molecule has 0 amide bonds. The number of hydrogen-bond donors (Lipinski definition) is 0. The van der Waals surface area contributed by atoms with Crippen LogP contribution in [0.4, 0.5) is 0 Å². The molecule has 0 saturated carbocycles. The first-order chi connectivity index (χ1) is 9.24. The quantitative estimate of drug-likeness (QED) is 0.751. The second kappa shape index (κ2) is 6.77. The molecule has 0 N–H and O–H groups in total. The predicted molar refractivity (Wildman–Crippen MR) is 70.9 cm³/mol. The number of morpholine rings is 1. The summed E-state index contributed by atoms with van der Waals surface area (Å²) in [7, 11) is 0. The number of rotatable bonds is 6. The molecule has 0 radical (unpaired) electrons. The molecular weight excluding hydrogens is 244 g/mol. The molecule has 106 valence electrons. The van der Waals surface area contributed by atoms with Crippen LogP contribution in [0.25, 0.3) is 0 Å². The molecule has 1 unspecified atom stereocenters. The van der Waals surface area contributed by atoms with Gasteiger partial charge in [-0.25, -0.2) is 9.67 Å². The van der Waals surface area contributed by atoms with Crippen LogP contribution in [0, 0.1) is 0 Å². The highest BCUT2D eigenvalue weighted by molar-refractivity contribution is 5.85. The number of aromatic nitrogens is 3. The minimum absolute atomic E-state index is 0.100. The Morgan fingerprint density at radius 2 is 2.37 bits per heavy atom. The number of Topliss-reactive ketones (excluding diaryl/α,β-unsaturated/α-hetero) is 1. The fraction of sp³-hybridized carbons (Fsp3) is 0.769. The molecule has 1 aliphatic rings. The van der Waals surface area contributed by atoms with Gasteiger partial charge in [-0.3, -0.25) is 9.69 Å². The molecule has 0 spiro atoms. The number of aryl methyl sites for hydroxylation is 1. The molecular formula is C13H22N4O2. The number of ether oxygens (including phenoxy) is 1. The Morgan fingerprint density at radius 1 is 1.53 bits per heavy atom. The summed E-state index contributed by atoms with van der Waals surface area (Å²) in [5.74, 6) is 0.840. The van der Waals surface area contributed by atoms with Crippen molar-refractivity contribution >= 4 is 5.78 Å². The first kappa shape index (κ1) is 14.1. The van der Waals surface area contributed by atoms with Crippen LogP contribution in [-0.2, 0) is 22.5 Å². The molecule has 1 aromatic heterocycles. The SMILES string of the molecule is CCCn1ncnc1CC(=O)C1CN(CC)CCO1. The number of carbonyl (C=O) groups excluding carboxylic acids is 1. The number of hydrogen-bond acceptors (Lipinski definition) is 5. The second-order valence-corrected chi connectivity index (χ2v) is 4.80. The van der Waals surface area contributed by atoms with Crippen molar-refractivity contribution in [2.75, 3.05) is 26.2 Å². The summed E-state index contributed by atoms with van der Waals surface area (Å²) >= 11 is 0. The molecule has 1 saturated heterocycles. The van der Waals surface area contributed by atoms with Crippen LogP contribution in [0.5, 0.6) is 0 Å². The number of likely N-dealkylation sites (N-methyl/N-ethyl adjacent to an activating group) is 1. The maximum Gasteiger partial charge on any atom is 0.170 e. The van der Waals surface area contributed by atoms with Crippen LogP contribution in [-0.4, -0.2) is 57.8 Å². The van der Waals surface area contributed by atoms with Crippen LogP contribution in [0.3, 0.4) is 0 Å². The minimum atomic E-state index is -0.319. The van der Waals surface area contributed by atoms with E-state index in [1.807, 2.05) is 0 Å². The van der Waals surface area contributed by atoms with Crippen molar-refractivity contribution in [3.8, 4) is 0 Å². The van der Waals surface area contributed by atoms with E-state index < -0.39 is 0 Å². The standard InChI is InChI=1S/C13H22N4O2/c1-3-5-17-13(14-10-15-17)8-11(18)12-9-16(4-2)6-7-19-12/h10,12H,3-9H2,1-2H3. The summed E-state index contributed by atoms with van der Waals surface area (Å²) < 4.78 is 7.38. The van der Waals surface area contributed by atoms with Crippen molar-refractivity contribution in [3.63, 3.8) is 0 Å². The summed E-state index contributed by atoms with van der Waals surface area (Å²) in [6.07, 6.45) is 2.48. The first-order valence-electron chi connectivity index (χ1n) is 6.98. The zero-order chi connectivity index (χ0) is 13.7. The number of nitrogens with zero attached hydrogens (tertiary/aromatic N) is 4. The van der Waals surface area contributed by atoms with Crippen molar-refractivity contribution < 1.29 is 9.53 Å². The second-order valence-electron chi connectivity index (χ2n) is 4.80. The highest BCUT2D eigenvalue weighted by Gasteiger charge is 2.26. The molecule has 0 bridgehead atoms. The van der Waals surface area contributed by atoms with E-state index in [0.29, 0.717) is 19.6 Å². The molecule has 6 heteroatoms. The average molecular weight is 266 g/mol. The van der Waals surface area contributed by atoms with Crippen molar-refractivity contribution in [1.82, 2.24) is 19.7 Å². The highest BCUT2D eigenvalue weighted by atomic mass is 16.5. The Balaban J connectivity index is 1.94. The lowest BCUT2D eigenvalue weighted by Crippen LogP contribution is -2.46. The predicted octanol–water partition coefficient (Wildman–Crippen LogP) is 0.520. The molecule has 2 heterocycles. The topological polar surface area (TPSA) is 60.2 Å². The van der Waals surface area contributed by atoms with Crippen LogP contribution in [0.2, 0.25) is 0 Å². The van der Waals surface area contributed by atoms with Gasteiger partial charge >= 0.3 is 0 Å². The van der Waals surface area contributed by atoms with E-state index in [0.717, 1.165) is 31.9 Å². The lowest BCUT2D eigenvalue weighted by molar-refractivity contribution is -0.135. The van der Waals surface area contributed by atoms with Crippen LogP contribution in [0.15, 0.2) is 6.33 Å². The Hall–Kier alpha value is -1.27. The van der Waals surface area contributed by atoms with E-state index in [9.17, 15) is 4.79 Å². The minimum Gasteiger partial charge on any atom is -0.368 e. The molecule has 1 aliphatic heterocycles. The van der Waals surface area contributed by atoms with Gasteiger partial charge in [-0.15, -0.1) is 0 Å². The fourth-order valence-corrected chi connectivity index (χ4v) is 2.28. The van der Waals surface area contributed by atoms with Crippen LogP contribution < -0.4 is 0 Å². The molecule has 6 nitrogen and oxygen atoms in total. The molecule has 1 atom stereocenters. The van der Waals surface area contributed by atoms with Gasteiger partial charge in [0, 0.05) is 19.6 Å². The summed E-state index contributed by atoms with van der Waals surface area (Å²) in [6.45, 7) is 8.17. The van der Waals surface area contributed by atoms with E-state index >= 15 is 0 Å². The van der Waals surface area contributed by atoms with Gasteiger partial charge in [0.05, 0.1) is 13.0 Å². The molecule has 2 rings (SSSR count). The van der Waals surface area contributed by atoms with Gasteiger partial charge < -0.3 is 4.74 Å². The van der Waals surface area contributed by atoms with Gasteiger partial charge in [0.1, 0.15) is 18.3 Å². The Labute approximate surface area is 113 Å². The summed E-state index contributed by atoms with van der Waals surface area (Å²) in [4.78, 5) is 18.7. The van der Waals surface area contributed by atoms with E-state index in [1.165, 1.54) is 6.33 Å². The smallest absolute Gasteiger partial charge is 0.170 e. The third kappa shape index (κ3) is 3.61. The summed E-state index contributed by atoms with van der Waals surface area (Å²) in [5.41, 5.74) is 0. The summed E-state index contributed by atoms with van der Waals surface area (Å²) in [6, 6.07) is 0. The van der Waals surface area contributed by atoms with Crippen LogP contribution >= 0.6 is 0 Å². The molecule has 0 aromatic carbocycles. The van der Waals surface area contributed by atoms with E-state index in [1.54, 1.807) is 4.68 Å². The third-order valence-corrected chi connectivity index (χ3v) is 3.42. The zero-order valence-electron chi connectivity index (χ0n) is 11.7. The average Bonchev–Trinajstić information content (AvgIpc) is 2.86. The monoisotopic (exact) mass is 266 g/mol. The molecule has 19 heavy (non-hydrogen) atoms. The van der Waals surface area contributed by atoms with Gasteiger partial charge in [0.25, 0.3) is 0 Å². The Morgan fingerprint density at radius 3 is 3.11 bits per heavy atom. The van der Waals surface area contributed by atoms with Crippen molar-refractivity contribution in [2.45, 2.75) is 39.3 Å². The molecule has 1 aromatic rings. The lowest BCUT2D eigenvalue weighted by Gasteiger charge is -2.31. The Bertz CT molecular complexity index is 419. The van der Waals surface area contributed by atoms with Crippen LogP contribution in [0.1, 0.15) is 26.1 Å². The van der Waals surface area contributed by atoms with Gasteiger partial charge in [-0.2, -0.15) is 5.10 Å². The van der Waals surface area contributed by atoms with Crippen molar-refractivity contribution in [3.05, 3.63) is 12.2 Å². The van der Waals surface area contributed by atoms with Gasteiger partial charge in [-0.1, -0.05) is 13.8 Å². The lowest BCUT2D eigenvalue weighted by atomic mass is 10.1. The molecule has 1 fully saturated rings. The maximum atomic E-state index is 12.3. The number of carbonyl (C=O) groups is 1. The fourth-order valence-electron chi connectivity index (χ4n) is 2.28. The zero-order valence-corrected chi connectivity index (χ0v) is 11.7.